The summed E-state index contributed by atoms with van der Waals surface area (Å²) in [4.78, 5) is 10.3. The topological polar surface area (TPSA) is 397 Å². The van der Waals surface area contributed by atoms with Gasteiger partial charge in [-0.1, -0.05) is 35.9 Å². The zero-order valence-electron chi connectivity index (χ0n) is 38.8. The molecule has 0 aromatic heterocycles. The third kappa shape index (κ3) is 12.5. The summed E-state index contributed by atoms with van der Waals surface area (Å²) in [6, 6.07) is 28.3. The van der Waals surface area contributed by atoms with Gasteiger partial charge in [0.05, 0.1) is 54.4 Å². The fraction of sp³-hybridized carbons (Fsp3) is 0.0625. The molecule has 0 atom stereocenters. The van der Waals surface area contributed by atoms with Crippen molar-refractivity contribution in [3.05, 3.63) is 150 Å². The van der Waals surface area contributed by atoms with Crippen molar-refractivity contribution >= 4 is 119 Å². The molecule has 76 heavy (non-hydrogen) atoms. The van der Waals surface area contributed by atoms with E-state index in [1.807, 2.05) is 6.92 Å². The van der Waals surface area contributed by atoms with Gasteiger partial charge >= 0.3 is 0 Å². The van der Waals surface area contributed by atoms with Gasteiger partial charge in [-0.25, -0.2) is 33.7 Å². The van der Waals surface area contributed by atoms with E-state index in [0.29, 0.717) is 23.0 Å². The number of azo groups is 4. The SMILES string of the molecule is Cc1ccc(N=Nc2ccc(N=Nc3cc(S(=O)(=O)[O-])c4ccc(NC(=O)Cc5ccc6cc(S(=O)(=O)[O-])c(N=Nc7ccc(N=Nc8ccc(S(=O)(=O)[O-])cc8)cc7C)c(O)c6c5)cc4c3O)c(S(=O)(=O)[O-])c2)cc1. The standard InChI is InChI=1S/C48H37N9O15S4/c1-26-3-7-30(8-4-26)50-53-34-13-18-40(43(24-34)75(67,68)69)55-56-41-25-42(74(64,65)66)36-16-11-32(23-38(36)47(41)59)49-45(58)21-28-5-6-29-22-44(76(70,71)72)46(48(60)37(29)20-28)57-54-39-17-12-33(19-27(39)2)52-51-31-9-14-35(15-10-31)73(61,62)63/h3-20,22-25,59-60H,21H2,1-2H3,(H,49,58)(H,61,62,63)(H,64,65,66)(H,67,68,69)(H,70,71,72)/p-4. The molecule has 0 aliphatic rings. The Morgan fingerprint density at radius 2 is 1.01 bits per heavy atom. The molecule has 3 N–H and O–H groups in total. The van der Waals surface area contributed by atoms with Gasteiger partial charge in [0.2, 0.25) is 5.91 Å². The molecule has 8 rings (SSSR count). The number of hydrogen-bond donors (Lipinski definition) is 3. The number of phenolic OH excluding ortho intramolecular Hbond substituents is 2. The van der Waals surface area contributed by atoms with Crippen LogP contribution in [-0.4, -0.2) is 68.0 Å². The molecular formula is C48H33N9O15S4-4. The van der Waals surface area contributed by atoms with Gasteiger partial charge < -0.3 is 33.7 Å². The largest absolute Gasteiger partial charge is 0.744 e. The van der Waals surface area contributed by atoms with Crippen LogP contribution in [0.5, 0.6) is 11.5 Å². The third-order valence-electron chi connectivity index (χ3n) is 11.0. The van der Waals surface area contributed by atoms with Crippen molar-refractivity contribution in [2.45, 2.75) is 39.9 Å². The average molecular weight is 1100 g/mol. The predicted molar refractivity (Wildman–Crippen MR) is 267 cm³/mol. The Hall–Kier alpha value is -8.61. The van der Waals surface area contributed by atoms with Gasteiger partial charge in [0.1, 0.15) is 57.5 Å². The van der Waals surface area contributed by atoms with Crippen molar-refractivity contribution in [1.29, 1.82) is 0 Å². The normalized spacial score (nSPS) is 12.8. The van der Waals surface area contributed by atoms with Crippen LogP contribution >= 0.6 is 0 Å². The highest BCUT2D eigenvalue weighted by Crippen LogP contribution is 2.44. The van der Waals surface area contributed by atoms with Crippen molar-refractivity contribution in [3.63, 3.8) is 0 Å². The Morgan fingerprint density at radius 1 is 0.461 bits per heavy atom. The first-order chi connectivity index (χ1) is 35.7. The third-order valence-corrected chi connectivity index (χ3v) is 14.4. The average Bonchev–Trinajstić information content (AvgIpc) is 3.36. The van der Waals surface area contributed by atoms with Gasteiger partial charge in [-0.15, -0.1) is 15.3 Å². The second kappa shape index (κ2) is 21.0. The van der Waals surface area contributed by atoms with E-state index in [9.17, 15) is 66.9 Å². The zero-order valence-corrected chi connectivity index (χ0v) is 42.1. The summed E-state index contributed by atoms with van der Waals surface area (Å²) in [5.74, 6) is -2.26. The summed E-state index contributed by atoms with van der Waals surface area (Å²) in [5.41, 5.74) is 0.748. The molecular weight excluding hydrogens is 1070 g/mol. The first-order valence-electron chi connectivity index (χ1n) is 21.5. The lowest BCUT2D eigenvalue weighted by Gasteiger charge is -2.15. The molecule has 0 saturated heterocycles. The van der Waals surface area contributed by atoms with Gasteiger partial charge in [0.25, 0.3) is 0 Å². The molecule has 0 aliphatic heterocycles. The monoisotopic (exact) mass is 1100 g/mol. The Labute approximate surface area is 431 Å². The molecule has 0 bridgehead atoms. The van der Waals surface area contributed by atoms with Crippen LogP contribution in [0, 0.1) is 13.8 Å². The Kier molecular flexibility index (Phi) is 14.8. The van der Waals surface area contributed by atoms with Crippen LogP contribution in [0.2, 0.25) is 0 Å². The summed E-state index contributed by atoms with van der Waals surface area (Å²) in [7, 11) is -20.5. The molecule has 0 spiro atoms. The lowest BCUT2D eigenvalue weighted by atomic mass is 10.0. The lowest BCUT2D eigenvalue weighted by molar-refractivity contribution is -0.115. The first-order valence-corrected chi connectivity index (χ1v) is 27.1. The van der Waals surface area contributed by atoms with E-state index < -0.39 is 101 Å². The van der Waals surface area contributed by atoms with Gasteiger partial charge in [-0.3, -0.25) is 4.79 Å². The van der Waals surface area contributed by atoms with Crippen LogP contribution < -0.4 is 5.32 Å². The number of amides is 1. The molecule has 0 saturated carbocycles. The maximum absolute atomic E-state index is 13.5. The summed E-state index contributed by atoms with van der Waals surface area (Å²) >= 11 is 0. The lowest BCUT2D eigenvalue weighted by Crippen LogP contribution is -2.14. The zero-order chi connectivity index (χ0) is 54.9. The molecule has 0 unspecified atom stereocenters. The van der Waals surface area contributed by atoms with Crippen LogP contribution in [0.1, 0.15) is 16.7 Å². The van der Waals surface area contributed by atoms with E-state index in [1.54, 1.807) is 31.2 Å². The van der Waals surface area contributed by atoms with Gasteiger partial charge in [-0.2, -0.15) is 25.6 Å². The van der Waals surface area contributed by atoms with Crippen LogP contribution in [0.25, 0.3) is 21.5 Å². The van der Waals surface area contributed by atoms with Gasteiger partial charge in [0, 0.05) is 21.8 Å². The molecule has 8 aromatic carbocycles. The van der Waals surface area contributed by atoms with E-state index in [4.69, 9.17) is 0 Å². The number of carbonyl (C=O) groups excluding carboxylic acids is 1. The molecule has 0 fully saturated rings. The number of nitrogens with one attached hydrogen (secondary N) is 1. The number of carbonyl (C=O) groups is 1. The van der Waals surface area contributed by atoms with E-state index in [-0.39, 0.29) is 49.9 Å². The maximum atomic E-state index is 13.5. The summed E-state index contributed by atoms with van der Waals surface area (Å²) in [6.45, 7) is 3.46. The number of benzene rings is 8. The van der Waals surface area contributed by atoms with Gasteiger partial charge in [0.15, 0.2) is 11.5 Å². The maximum Gasteiger partial charge on any atom is 0.228 e. The predicted octanol–water partition coefficient (Wildman–Crippen LogP) is 10.5. The molecule has 388 valence electrons. The van der Waals surface area contributed by atoms with Crippen LogP contribution in [0.3, 0.4) is 0 Å². The molecule has 0 radical (unpaired) electrons. The molecule has 28 heteroatoms. The van der Waals surface area contributed by atoms with E-state index in [1.165, 1.54) is 60.7 Å². The minimum atomic E-state index is -5.30. The van der Waals surface area contributed by atoms with Crippen molar-refractivity contribution in [2.75, 3.05) is 5.32 Å². The fourth-order valence-electron chi connectivity index (χ4n) is 7.30. The van der Waals surface area contributed by atoms with Crippen molar-refractivity contribution in [1.82, 2.24) is 0 Å². The molecule has 24 nitrogen and oxygen atoms in total. The highest BCUT2D eigenvalue weighted by atomic mass is 32.2. The number of aromatic hydroxyl groups is 2. The Morgan fingerprint density at radius 3 is 1.62 bits per heavy atom. The number of rotatable bonds is 15. The van der Waals surface area contributed by atoms with Crippen molar-refractivity contribution in [2.24, 2.45) is 40.9 Å². The molecule has 0 aliphatic carbocycles. The summed E-state index contributed by atoms with van der Waals surface area (Å²) in [6.07, 6.45) is -0.417. The molecule has 8 aromatic rings. The highest BCUT2D eigenvalue weighted by Gasteiger charge is 2.21. The van der Waals surface area contributed by atoms with Gasteiger partial charge in [-0.05, 0) is 133 Å². The Balaban J connectivity index is 1.04. The number of anilines is 1. The number of nitrogens with zero attached hydrogens (tertiary/aromatic N) is 8. The van der Waals surface area contributed by atoms with Crippen molar-refractivity contribution in [3.8, 4) is 11.5 Å². The summed E-state index contributed by atoms with van der Waals surface area (Å²) < 4.78 is 145. The second-order valence-electron chi connectivity index (χ2n) is 16.4. The number of aryl methyl sites for hydroxylation is 2. The van der Waals surface area contributed by atoms with E-state index in [2.05, 4.69) is 46.2 Å². The first kappa shape index (κ1) is 53.7. The second-order valence-corrected chi connectivity index (χ2v) is 21.8. The van der Waals surface area contributed by atoms with E-state index in [0.717, 1.165) is 48.0 Å². The minimum absolute atomic E-state index is 0.0387. The quantitative estimate of drug-likeness (QED) is 0.0634. The van der Waals surface area contributed by atoms with Crippen LogP contribution in [-0.2, 0) is 51.7 Å². The smallest absolute Gasteiger partial charge is 0.228 e. The molecule has 1 amide bonds. The number of phenols is 2. The molecule has 0 heterocycles. The van der Waals surface area contributed by atoms with Crippen molar-refractivity contribution < 1.29 is 66.9 Å². The Bertz CT molecular complexity index is 4290. The van der Waals surface area contributed by atoms with Crippen LogP contribution in [0.4, 0.5) is 51.2 Å². The summed E-state index contributed by atoms with van der Waals surface area (Å²) in [5, 5.41) is 56.2. The highest BCUT2D eigenvalue weighted by molar-refractivity contribution is 7.86. The number of hydrogen-bond acceptors (Lipinski definition) is 23. The number of fused-ring (bicyclic) bond motifs is 2. The fourth-order valence-corrected chi connectivity index (χ4v) is 9.74. The van der Waals surface area contributed by atoms with Crippen LogP contribution in [0.15, 0.2) is 194 Å². The van der Waals surface area contributed by atoms with E-state index >= 15 is 0 Å². The minimum Gasteiger partial charge on any atom is -0.744 e.